The number of rotatable bonds is 2. The van der Waals surface area contributed by atoms with Gasteiger partial charge in [-0.2, -0.15) is 9.57 Å². The fourth-order valence-corrected chi connectivity index (χ4v) is 5.17. The second kappa shape index (κ2) is 5.43. The summed E-state index contributed by atoms with van der Waals surface area (Å²) in [7, 11) is -3.64. The van der Waals surface area contributed by atoms with Gasteiger partial charge in [0.25, 0.3) is 0 Å². The molecular formula is C14H11ClN2O2S2. The number of benzene rings is 1. The molecule has 0 saturated heterocycles. The largest absolute Gasteiger partial charge is 0.244 e. The Labute approximate surface area is 132 Å². The van der Waals surface area contributed by atoms with Gasteiger partial charge in [-0.05, 0) is 41.6 Å². The molecule has 1 aliphatic rings. The summed E-state index contributed by atoms with van der Waals surface area (Å²) in [6.45, 7) is 0.823. The molecule has 1 aromatic heterocycles. The second-order valence-corrected chi connectivity index (χ2v) is 8.03. The van der Waals surface area contributed by atoms with Crippen molar-refractivity contribution in [1.29, 1.82) is 5.26 Å². The van der Waals surface area contributed by atoms with Crippen LogP contribution in [0.3, 0.4) is 0 Å². The molecule has 0 spiro atoms. The van der Waals surface area contributed by atoms with Crippen LogP contribution in [0.25, 0.3) is 0 Å². The minimum atomic E-state index is -3.64. The number of nitriles is 1. The van der Waals surface area contributed by atoms with Crippen molar-refractivity contribution in [3.8, 4) is 6.07 Å². The molecule has 0 atom stereocenters. The summed E-state index contributed by atoms with van der Waals surface area (Å²) in [4.78, 5) is 1.30. The number of hydrogen-bond acceptors (Lipinski definition) is 4. The lowest BCUT2D eigenvalue weighted by Crippen LogP contribution is -2.35. The van der Waals surface area contributed by atoms with Gasteiger partial charge in [-0.25, -0.2) is 8.42 Å². The highest BCUT2D eigenvalue weighted by molar-refractivity contribution is 7.89. The van der Waals surface area contributed by atoms with Crippen LogP contribution in [0.4, 0.5) is 0 Å². The average molecular weight is 339 g/mol. The molecule has 7 heteroatoms. The molecule has 2 heterocycles. The SMILES string of the molecule is N#Cc1ccc(S(=O)(=O)N2CCc3sccc3C2)c(Cl)c1. The van der Waals surface area contributed by atoms with Crippen LogP contribution < -0.4 is 0 Å². The van der Waals surface area contributed by atoms with E-state index in [-0.39, 0.29) is 9.92 Å². The molecule has 0 bridgehead atoms. The molecule has 0 radical (unpaired) electrons. The zero-order chi connectivity index (χ0) is 15.0. The highest BCUT2D eigenvalue weighted by Crippen LogP contribution is 2.31. The quantitative estimate of drug-likeness (QED) is 0.845. The molecule has 0 fully saturated rings. The second-order valence-electron chi connectivity index (χ2n) is 4.71. The molecule has 21 heavy (non-hydrogen) atoms. The van der Waals surface area contributed by atoms with Gasteiger partial charge in [0.2, 0.25) is 10.0 Å². The lowest BCUT2D eigenvalue weighted by Gasteiger charge is -2.26. The average Bonchev–Trinajstić information content (AvgIpc) is 2.94. The van der Waals surface area contributed by atoms with Crippen molar-refractivity contribution in [3.63, 3.8) is 0 Å². The van der Waals surface area contributed by atoms with Crippen LogP contribution in [0.15, 0.2) is 34.5 Å². The van der Waals surface area contributed by atoms with Crippen molar-refractivity contribution in [2.45, 2.75) is 17.9 Å². The minimum Gasteiger partial charge on any atom is -0.207 e. The van der Waals surface area contributed by atoms with Crippen LogP contribution in [-0.2, 0) is 23.0 Å². The fraction of sp³-hybridized carbons (Fsp3) is 0.214. The molecule has 0 saturated carbocycles. The summed E-state index contributed by atoms with van der Waals surface area (Å²) < 4.78 is 26.8. The summed E-state index contributed by atoms with van der Waals surface area (Å²) >= 11 is 7.69. The Morgan fingerprint density at radius 1 is 1.33 bits per heavy atom. The first-order valence-corrected chi connectivity index (χ1v) is 8.97. The van der Waals surface area contributed by atoms with E-state index in [9.17, 15) is 8.42 Å². The molecule has 1 aromatic carbocycles. The monoisotopic (exact) mass is 338 g/mol. The predicted molar refractivity (Wildman–Crippen MR) is 81.8 cm³/mol. The van der Waals surface area contributed by atoms with E-state index in [1.54, 1.807) is 11.3 Å². The zero-order valence-electron chi connectivity index (χ0n) is 10.9. The molecule has 4 nitrogen and oxygen atoms in total. The Balaban J connectivity index is 1.97. The Kier molecular flexibility index (Phi) is 3.76. The number of halogens is 1. The van der Waals surface area contributed by atoms with Crippen LogP contribution in [0.1, 0.15) is 16.0 Å². The van der Waals surface area contributed by atoms with Gasteiger partial charge in [0, 0.05) is 18.0 Å². The van der Waals surface area contributed by atoms with Crippen molar-refractivity contribution in [3.05, 3.63) is 50.7 Å². The normalized spacial score (nSPS) is 15.4. The molecule has 2 aromatic rings. The first kappa shape index (κ1) is 14.5. The molecule has 0 N–H and O–H groups in total. The molecule has 3 rings (SSSR count). The maximum absolute atomic E-state index is 12.7. The standard InChI is InChI=1S/C14H11ClN2O2S2/c15-12-7-10(8-16)1-2-14(12)21(18,19)17-5-3-13-11(9-17)4-6-20-13/h1-2,4,6-7H,3,5,9H2. The highest BCUT2D eigenvalue weighted by atomic mass is 35.5. The molecule has 0 aliphatic carbocycles. The minimum absolute atomic E-state index is 0.0573. The van der Waals surface area contributed by atoms with Crippen LogP contribution in [-0.4, -0.2) is 19.3 Å². The first-order chi connectivity index (χ1) is 10.0. The van der Waals surface area contributed by atoms with Gasteiger partial charge in [-0.3, -0.25) is 0 Å². The van der Waals surface area contributed by atoms with Crippen molar-refractivity contribution in [2.24, 2.45) is 0 Å². The number of thiophene rings is 1. The van der Waals surface area contributed by atoms with Gasteiger partial charge in [-0.1, -0.05) is 11.6 Å². The van der Waals surface area contributed by atoms with Crippen LogP contribution >= 0.6 is 22.9 Å². The number of sulfonamides is 1. The highest BCUT2D eigenvalue weighted by Gasteiger charge is 2.30. The van der Waals surface area contributed by atoms with Gasteiger partial charge in [0.15, 0.2) is 0 Å². The lowest BCUT2D eigenvalue weighted by atomic mass is 10.1. The molecule has 0 unspecified atom stereocenters. The maximum Gasteiger partial charge on any atom is 0.244 e. The summed E-state index contributed by atoms with van der Waals surface area (Å²) in [5.74, 6) is 0. The van der Waals surface area contributed by atoms with E-state index in [1.807, 2.05) is 17.5 Å². The predicted octanol–water partition coefficient (Wildman–Crippen LogP) is 3.02. The summed E-state index contributed by atoms with van der Waals surface area (Å²) in [6.07, 6.45) is 0.722. The Morgan fingerprint density at radius 3 is 2.86 bits per heavy atom. The van der Waals surface area contributed by atoms with E-state index in [0.29, 0.717) is 18.7 Å². The Bertz CT molecular complexity index is 837. The fourth-order valence-electron chi connectivity index (χ4n) is 2.35. The van der Waals surface area contributed by atoms with E-state index in [2.05, 4.69) is 0 Å². The Hall–Kier alpha value is -1.39. The zero-order valence-corrected chi connectivity index (χ0v) is 13.3. The van der Waals surface area contributed by atoms with E-state index in [4.69, 9.17) is 16.9 Å². The molecular weight excluding hydrogens is 328 g/mol. The molecule has 108 valence electrons. The summed E-state index contributed by atoms with van der Waals surface area (Å²) in [6, 6.07) is 8.16. The number of hydrogen-bond donors (Lipinski definition) is 0. The van der Waals surface area contributed by atoms with Gasteiger partial charge >= 0.3 is 0 Å². The first-order valence-electron chi connectivity index (χ1n) is 6.27. The van der Waals surface area contributed by atoms with Gasteiger partial charge < -0.3 is 0 Å². The third-order valence-electron chi connectivity index (χ3n) is 3.45. The lowest BCUT2D eigenvalue weighted by molar-refractivity contribution is 0.394. The third-order valence-corrected chi connectivity index (χ3v) is 6.80. The van der Waals surface area contributed by atoms with Crippen LogP contribution in [0.2, 0.25) is 5.02 Å². The van der Waals surface area contributed by atoms with Crippen molar-refractivity contribution < 1.29 is 8.42 Å². The van der Waals surface area contributed by atoms with E-state index in [1.165, 1.54) is 27.4 Å². The van der Waals surface area contributed by atoms with Crippen molar-refractivity contribution in [2.75, 3.05) is 6.54 Å². The smallest absolute Gasteiger partial charge is 0.207 e. The van der Waals surface area contributed by atoms with Gasteiger partial charge in [0.05, 0.1) is 16.7 Å². The van der Waals surface area contributed by atoms with Crippen molar-refractivity contribution in [1.82, 2.24) is 4.31 Å². The molecule has 0 amide bonds. The van der Waals surface area contributed by atoms with E-state index >= 15 is 0 Å². The van der Waals surface area contributed by atoms with Crippen LogP contribution in [0.5, 0.6) is 0 Å². The summed E-state index contributed by atoms with van der Waals surface area (Å²) in [5, 5.41) is 10.9. The van der Waals surface area contributed by atoms with E-state index < -0.39 is 10.0 Å². The topological polar surface area (TPSA) is 61.2 Å². The number of nitrogens with zero attached hydrogens (tertiary/aromatic N) is 2. The van der Waals surface area contributed by atoms with Gasteiger partial charge in [0.1, 0.15) is 4.90 Å². The van der Waals surface area contributed by atoms with Gasteiger partial charge in [-0.15, -0.1) is 11.3 Å². The van der Waals surface area contributed by atoms with E-state index in [0.717, 1.165) is 12.0 Å². The maximum atomic E-state index is 12.7. The van der Waals surface area contributed by atoms with Crippen molar-refractivity contribution >= 4 is 33.0 Å². The molecule has 1 aliphatic heterocycles. The third kappa shape index (κ3) is 2.58. The Morgan fingerprint density at radius 2 is 2.14 bits per heavy atom. The summed E-state index contributed by atoms with van der Waals surface area (Å²) in [5.41, 5.74) is 1.40. The van der Waals surface area contributed by atoms with Crippen LogP contribution in [0, 0.1) is 11.3 Å². The number of fused-ring (bicyclic) bond motifs is 1.